The van der Waals surface area contributed by atoms with Gasteiger partial charge in [-0.3, -0.25) is 9.10 Å². The van der Waals surface area contributed by atoms with Gasteiger partial charge < -0.3 is 5.32 Å². The third-order valence-corrected chi connectivity index (χ3v) is 4.92. The fourth-order valence-corrected chi connectivity index (χ4v) is 3.82. The molecule has 0 heterocycles. The van der Waals surface area contributed by atoms with Crippen LogP contribution in [0, 0.1) is 5.82 Å². The van der Waals surface area contributed by atoms with Gasteiger partial charge in [0.25, 0.3) is 5.91 Å². The van der Waals surface area contributed by atoms with Crippen LogP contribution < -0.4 is 9.62 Å². The molecule has 7 heteroatoms. The first-order valence-corrected chi connectivity index (χ1v) is 9.36. The smallest absolute Gasteiger partial charge is 0.255 e. The second-order valence-electron chi connectivity index (χ2n) is 5.77. The standard InChI is InChI=1S/C17H17FN2O3S/c1-24(22,23)20(14-9-10-14)16-8-3-2-7-15(16)19-17(21)12-5-4-6-13(18)11-12/h2-8,11,14H,9-10H2,1H3,(H,19,21). The van der Waals surface area contributed by atoms with Gasteiger partial charge >= 0.3 is 0 Å². The zero-order chi connectivity index (χ0) is 17.3. The molecule has 0 radical (unpaired) electrons. The predicted octanol–water partition coefficient (Wildman–Crippen LogP) is 3.01. The van der Waals surface area contributed by atoms with Gasteiger partial charge in [-0.2, -0.15) is 0 Å². The Morgan fingerprint density at radius 2 is 1.88 bits per heavy atom. The van der Waals surface area contributed by atoms with Gasteiger partial charge in [0.15, 0.2) is 0 Å². The Labute approximate surface area is 140 Å². The molecule has 1 aliphatic carbocycles. The topological polar surface area (TPSA) is 66.5 Å². The van der Waals surface area contributed by atoms with Gasteiger partial charge in [0.2, 0.25) is 10.0 Å². The van der Waals surface area contributed by atoms with E-state index >= 15 is 0 Å². The van der Waals surface area contributed by atoms with Gasteiger partial charge in [-0.15, -0.1) is 0 Å². The Morgan fingerprint density at radius 3 is 2.50 bits per heavy atom. The van der Waals surface area contributed by atoms with Crippen molar-refractivity contribution < 1.29 is 17.6 Å². The highest BCUT2D eigenvalue weighted by atomic mass is 32.2. The summed E-state index contributed by atoms with van der Waals surface area (Å²) < 4.78 is 38.9. The number of sulfonamides is 1. The molecular formula is C17H17FN2O3S. The number of benzene rings is 2. The highest BCUT2D eigenvalue weighted by molar-refractivity contribution is 7.92. The van der Waals surface area contributed by atoms with E-state index in [1.54, 1.807) is 24.3 Å². The zero-order valence-electron chi connectivity index (χ0n) is 13.1. The lowest BCUT2D eigenvalue weighted by atomic mass is 10.2. The Bertz CT molecular complexity index is 879. The first kappa shape index (κ1) is 16.4. The summed E-state index contributed by atoms with van der Waals surface area (Å²) in [7, 11) is -3.46. The molecule has 24 heavy (non-hydrogen) atoms. The summed E-state index contributed by atoms with van der Waals surface area (Å²) in [6.45, 7) is 0. The number of hydrogen-bond acceptors (Lipinski definition) is 3. The molecule has 1 aliphatic rings. The number of anilines is 2. The second-order valence-corrected chi connectivity index (χ2v) is 7.63. The first-order chi connectivity index (χ1) is 11.4. The van der Waals surface area contributed by atoms with E-state index in [9.17, 15) is 17.6 Å². The Balaban J connectivity index is 1.93. The summed E-state index contributed by atoms with van der Waals surface area (Å²) in [5.41, 5.74) is 0.971. The number of para-hydroxylation sites is 2. The van der Waals surface area contributed by atoms with Gasteiger partial charge in [0, 0.05) is 11.6 Å². The Morgan fingerprint density at radius 1 is 1.17 bits per heavy atom. The third kappa shape index (κ3) is 3.56. The molecule has 5 nitrogen and oxygen atoms in total. The van der Waals surface area contributed by atoms with E-state index in [1.807, 2.05) is 0 Å². The van der Waals surface area contributed by atoms with Crippen LogP contribution in [0.1, 0.15) is 23.2 Å². The van der Waals surface area contributed by atoms with Gasteiger partial charge in [0.05, 0.1) is 17.6 Å². The van der Waals surface area contributed by atoms with Gasteiger partial charge in [-0.1, -0.05) is 18.2 Å². The monoisotopic (exact) mass is 348 g/mol. The van der Waals surface area contributed by atoms with Gasteiger partial charge in [-0.05, 0) is 43.2 Å². The normalized spacial score (nSPS) is 14.2. The lowest BCUT2D eigenvalue weighted by molar-refractivity contribution is 0.102. The van der Waals surface area contributed by atoms with Crippen molar-refractivity contribution in [1.82, 2.24) is 0 Å². The summed E-state index contributed by atoms with van der Waals surface area (Å²) in [6, 6.07) is 12.0. The van der Waals surface area contributed by atoms with Crippen molar-refractivity contribution in [2.24, 2.45) is 0 Å². The van der Waals surface area contributed by atoms with Crippen LogP contribution in [0.15, 0.2) is 48.5 Å². The summed E-state index contributed by atoms with van der Waals surface area (Å²) in [5.74, 6) is -1.00. The molecule has 0 spiro atoms. The van der Waals surface area contributed by atoms with Crippen LogP contribution >= 0.6 is 0 Å². The molecule has 3 rings (SSSR count). The quantitative estimate of drug-likeness (QED) is 0.903. The molecule has 1 saturated carbocycles. The van der Waals surface area contributed by atoms with E-state index in [2.05, 4.69) is 5.32 Å². The highest BCUT2D eigenvalue weighted by Crippen LogP contribution is 2.37. The van der Waals surface area contributed by atoms with E-state index in [0.717, 1.165) is 25.2 Å². The highest BCUT2D eigenvalue weighted by Gasteiger charge is 2.36. The molecule has 126 valence electrons. The number of nitrogens with one attached hydrogen (secondary N) is 1. The molecule has 2 aromatic rings. The number of nitrogens with zero attached hydrogens (tertiary/aromatic N) is 1. The van der Waals surface area contributed by atoms with Crippen LogP contribution in [0.2, 0.25) is 0 Å². The molecule has 0 bridgehead atoms. The second kappa shape index (κ2) is 6.24. The minimum absolute atomic E-state index is 0.0766. The molecule has 1 amide bonds. The molecule has 0 unspecified atom stereocenters. The van der Waals surface area contributed by atoms with Crippen LogP contribution in [-0.2, 0) is 10.0 Å². The SMILES string of the molecule is CS(=O)(=O)N(c1ccccc1NC(=O)c1cccc(F)c1)C1CC1. The molecule has 1 fully saturated rings. The van der Waals surface area contributed by atoms with E-state index in [0.29, 0.717) is 11.4 Å². The predicted molar refractivity (Wildman–Crippen MR) is 91.1 cm³/mol. The van der Waals surface area contributed by atoms with Crippen molar-refractivity contribution in [3.05, 3.63) is 59.9 Å². The van der Waals surface area contributed by atoms with E-state index < -0.39 is 21.7 Å². The fraction of sp³-hybridized carbons (Fsp3) is 0.235. The van der Waals surface area contributed by atoms with Crippen molar-refractivity contribution in [2.75, 3.05) is 15.9 Å². The van der Waals surface area contributed by atoms with E-state index in [4.69, 9.17) is 0 Å². The lowest BCUT2D eigenvalue weighted by Crippen LogP contribution is -2.33. The van der Waals surface area contributed by atoms with Gasteiger partial charge in [-0.25, -0.2) is 12.8 Å². The number of carbonyl (C=O) groups excluding carboxylic acids is 1. The minimum Gasteiger partial charge on any atom is -0.320 e. The van der Waals surface area contributed by atoms with Crippen molar-refractivity contribution in [3.63, 3.8) is 0 Å². The Hall–Kier alpha value is -2.41. The number of amides is 1. The molecule has 1 N–H and O–H groups in total. The van der Waals surface area contributed by atoms with Crippen LogP contribution in [0.3, 0.4) is 0 Å². The molecule has 0 aliphatic heterocycles. The number of carbonyl (C=O) groups is 1. The van der Waals surface area contributed by atoms with Crippen molar-refractivity contribution in [3.8, 4) is 0 Å². The van der Waals surface area contributed by atoms with E-state index in [1.165, 1.54) is 22.5 Å². The summed E-state index contributed by atoms with van der Waals surface area (Å²) in [4.78, 5) is 12.3. The third-order valence-electron chi connectivity index (χ3n) is 3.71. The largest absolute Gasteiger partial charge is 0.320 e. The van der Waals surface area contributed by atoms with Crippen LogP contribution in [-0.4, -0.2) is 26.6 Å². The maximum atomic E-state index is 13.3. The summed E-state index contributed by atoms with van der Waals surface area (Å²) >= 11 is 0. The average Bonchev–Trinajstić information content (AvgIpc) is 3.32. The van der Waals surface area contributed by atoms with Crippen LogP contribution in [0.25, 0.3) is 0 Å². The number of rotatable bonds is 5. The maximum Gasteiger partial charge on any atom is 0.255 e. The first-order valence-electron chi connectivity index (χ1n) is 7.51. The number of hydrogen-bond donors (Lipinski definition) is 1. The lowest BCUT2D eigenvalue weighted by Gasteiger charge is -2.24. The summed E-state index contributed by atoms with van der Waals surface area (Å²) in [6.07, 6.45) is 2.73. The van der Waals surface area contributed by atoms with Crippen LogP contribution in [0.5, 0.6) is 0 Å². The molecule has 0 atom stereocenters. The van der Waals surface area contributed by atoms with Crippen molar-refractivity contribution in [1.29, 1.82) is 0 Å². The van der Waals surface area contributed by atoms with Crippen molar-refractivity contribution >= 4 is 27.3 Å². The molecule has 0 saturated heterocycles. The van der Waals surface area contributed by atoms with Crippen molar-refractivity contribution in [2.45, 2.75) is 18.9 Å². The average molecular weight is 348 g/mol. The molecular weight excluding hydrogens is 331 g/mol. The van der Waals surface area contributed by atoms with Gasteiger partial charge in [0.1, 0.15) is 5.82 Å². The van der Waals surface area contributed by atoms with E-state index in [-0.39, 0.29) is 11.6 Å². The molecule has 2 aromatic carbocycles. The fourth-order valence-electron chi connectivity index (χ4n) is 2.55. The minimum atomic E-state index is -3.46. The zero-order valence-corrected chi connectivity index (χ0v) is 13.9. The Kier molecular flexibility index (Phi) is 4.28. The van der Waals surface area contributed by atoms with Crippen LogP contribution in [0.4, 0.5) is 15.8 Å². The number of halogens is 1. The maximum absolute atomic E-state index is 13.3. The molecule has 0 aromatic heterocycles. The summed E-state index contributed by atoms with van der Waals surface area (Å²) in [5, 5.41) is 2.68.